The van der Waals surface area contributed by atoms with Crippen LogP contribution >= 0.6 is 0 Å². The number of alkyl halides is 3. The number of nitrogens with two attached hydrogens (primary N) is 1. The molecule has 0 atom stereocenters. The van der Waals surface area contributed by atoms with Gasteiger partial charge in [0.2, 0.25) is 0 Å². The molecule has 1 aromatic rings. The average molecular weight is 235 g/mol. The van der Waals surface area contributed by atoms with Crippen molar-refractivity contribution in [1.82, 2.24) is 4.98 Å². The molecule has 0 aliphatic rings. The molecule has 0 saturated heterocycles. The number of nitrogen functional groups attached to an aromatic ring is 1. The van der Waals surface area contributed by atoms with Gasteiger partial charge in [-0.05, 0) is 12.1 Å². The van der Waals surface area contributed by atoms with E-state index >= 15 is 0 Å². The Labute approximate surface area is 90.5 Å². The van der Waals surface area contributed by atoms with Gasteiger partial charge in [0, 0.05) is 12.7 Å². The van der Waals surface area contributed by atoms with E-state index in [0.717, 1.165) is 4.90 Å². The monoisotopic (exact) mass is 235 g/mol. The zero-order chi connectivity index (χ0) is 12.2. The maximum atomic E-state index is 12.3. The van der Waals surface area contributed by atoms with Gasteiger partial charge in [0.05, 0.1) is 12.3 Å². The summed E-state index contributed by atoms with van der Waals surface area (Å²) in [5, 5.41) is 8.71. The van der Waals surface area contributed by atoms with Gasteiger partial charge in [0.15, 0.2) is 5.82 Å². The molecule has 90 valence electrons. The van der Waals surface area contributed by atoms with E-state index in [0.29, 0.717) is 0 Å². The molecule has 1 aromatic heterocycles. The Kier molecular flexibility index (Phi) is 3.94. The number of halogens is 3. The summed E-state index contributed by atoms with van der Waals surface area (Å²) in [6.07, 6.45) is -3.01. The maximum absolute atomic E-state index is 12.3. The number of aliphatic hydroxyl groups is 1. The van der Waals surface area contributed by atoms with Crippen molar-refractivity contribution < 1.29 is 18.3 Å². The third-order valence-electron chi connectivity index (χ3n) is 1.86. The fraction of sp³-hybridized carbons (Fsp3) is 0.444. The number of aliphatic hydroxyl groups excluding tert-OH is 1. The highest BCUT2D eigenvalue weighted by atomic mass is 19.4. The van der Waals surface area contributed by atoms with Gasteiger partial charge in [-0.3, -0.25) is 0 Å². The van der Waals surface area contributed by atoms with E-state index < -0.39 is 19.3 Å². The molecular formula is C9H12F3N3O. The number of aromatic nitrogens is 1. The molecule has 0 spiro atoms. The second-order valence-corrected chi connectivity index (χ2v) is 3.18. The topological polar surface area (TPSA) is 62.4 Å². The first-order chi connectivity index (χ1) is 7.44. The summed E-state index contributed by atoms with van der Waals surface area (Å²) in [6, 6.07) is 2.99. The third-order valence-corrected chi connectivity index (χ3v) is 1.86. The molecule has 0 radical (unpaired) electrons. The minimum absolute atomic E-state index is 0.0360. The SMILES string of the molecule is Nc1cccnc1N(CCO)CC(F)(F)F. The fourth-order valence-electron chi connectivity index (χ4n) is 1.27. The van der Waals surface area contributed by atoms with Crippen molar-refractivity contribution in [3.8, 4) is 0 Å². The van der Waals surface area contributed by atoms with E-state index in [-0.39, 0.29) is 18.1 Å². The van der Waals surface area contributed by atoms with Crippen molar-refractivity contribution in [1.29, 1.82) is 0 Å². The zero-order valence-electron chi connectivity index (χ0n) is 8.41. The van der Waals surface area contributed by atoms with E-state index in [2.05, 4.69) is 4.98 Å². The normalized spacial score (nSPS) is 11.5. The molecule has 0 fully saturated rings. The predicted octanol–water partition coefficient (Wildman–Crippen LogP) is 1.02. The first-order valence-electron chi connectivity index (χ1n) is 4.57. The summed E-state index contributed by atoms with van der Waals surface area (Å²) in [7, 11) is 0. The average Bonchev–Trinajstić information content (AvgIpc) is 2.16. The highest BCUT2D eigenvalue weighted by Crippen LogP contribution is 2.24. The van der Waals surface area contributed by atoms with Crippen LogP contribution in [0.4, 0.5) is 24.7 Å². The zero-order valence-corrected chi connectivity index (χ0v) is 8.41. The van der Waals surface area contributed by atoms with Gasteiger partial charge in [0.1, 0.15) is 6.54 Å². The lowest BCUT2D eigenvalue weighted by Crippen LogP contribution is -2.37. The van der Waals surface area contributed by atoms with Crippen molar-refractivity contribution in [2.45, 2.75) is 6.18 Å². The van der Waals surface area contributed by atoms with Crippen LogP contribution in [-0.2, 0) is 0 Å². The Morgan fingerprint density at radius 3 is 2.62 bits per heavy atom. The maximum Gasteiger partial charge on any atom is 0.405 e. The standard InChI is InChI=1S/C9H12F3N3O/c10-9(11,12)6-15(4-5-16)8-7(13)2-1-3-14-8/h1-3,16H,4-6,13H2. The highest BCUT2D eigenvalue weighted by molar-refractivity contribution is 5.62. The van der Waals surface area contributed by atoms with Crippen LogP contribution in [0.2, 0.25) is 0 Å². The minimum atomic E-state index is -4.36. The van der Waals surface area contributed by atoms with Gasteiger partial charge in [-0.25, -0.2) is 4.98 Å². The molecule has 0 aromatic carbocycles. The van der Waals surface area contributed by atoms with Gasteiger partial charge >= 0.3 is 6.18 Å². The second kappa shape index (κ2) is 5.02. The number of pyridine rings is 1. The first kappa shape index (κ1) is 12.6. The summed E-state index contributed by atoms with van der Waals surface area (Å²) in [6.45, 7) is -1.75. The lowest BCUT2D eigenvalue weighted by atomic mass is 10.3. The number of nitrogens with zero attached hydrogens (tertiary/aromatic N) is 2. The minimum Gasteiger partial charge on any atom is -0.396 e. The van der Waals surface area contributed by atoms with Crippen molar-refractivity contribution in [2.24, 2.45) is 0 Å². The van der Waals surface area contributed by atoms with Crippen LogP contribution in [0, 0.1) is 0 Å². The summed E-state index contributed by atoms with van der Waals surface area (Å²) in [5.74, 6) is 0.0360. The number of hydrogen-bond acceptors (Lipinski definition) is 4. The van der Waals surface area contributed by atoms with Gasteiger partial charge in [-0.2, -0.15) is 13.2 Å². The Morgan fingerprint density at radius 2 is 2.12 bits per heavy atom. The Morgan fingerprint density at radius 1 is 1.44 bits per heavy atom. The third kappa shape index (κ3) is 3.58. The van der Waals surface area contributed by atoms with Crippen LogP contribution in [0.1, 0.15) is 0 Å². The highest BCUT2D eigenvalue weighted by Gasteiger charge is 2.31. The molecule has 3 N–H and O–H groups in total. The largest absolute Gasteiger partial charge is 0.405 e. The van der Waals surface area contributed by atoms with E-state index in [1.54, 1.807) is 0 Å². The van der Waals surface area contributed by atoms with Crippen molar-refractivity contribution in [3.05, 3.63) is 18.3 Å². The number of hydrogen-bond donors (Lipinski definition) is 2. The summed E-state index contributed by atoms with van der Waals surface area (Å²) >= 11 is 0. The molecule has 0 aliphatic carbocycles. The van der Waals surface area contributed by atoms with Crippen molar-refractivity contribution >= 4 is 11.5 Å². The van der Waals surface area contributed by atoms with Crippen molar-refractivity contribution in [3.63, 3.8) is 0 Å². The van der Waals surface area contributed by atoms with E-state index in [9.17, 15) is 13.2 Å². The van der Waals surface area contributed by atoms with Gasteiger partial charge in [-0.1, -0.05) is 0 Å². The van der Waals surface area contributed by atoms with Gasteiger partial charge in [-0.15, -0.1) is 0 Å². The summed E-state index contributed by atoms with van der Waals surface area (Å²) < 4.78 is 36.8. The van der Waals surface area contributed by atoms with E-state index in [4.69, 9.17) is 10.8 Å². The van der Waals surface area contributed by atoms with Gasteiger partial charge < -0.3 is 15.7 Å². The molecule has 16 heavy (non-hydrogen) atoms. The Hall–Kier alpha value is -1.50. The van der Waals surface area contributed by atoms with Crippen LogP contribution < -0.4 is 10.6 Å². The van der Waals surface area contributed by atoms with Crippen LogP contribution in [0.15, 0.2) is 18.3 Å². The molecule has 0 bridgehead atoms. The molecular weight excluding hydrogens is 223 g/mol. The lowest BCUT2D eigenvalue weighted by molar-refractivity contribution is -0.119. The number of anilines is 2. The quantitative estimate of drug-likeness (QED) is 0.818. The molecule has 7 heteroatoms. The fourth-order valence-corrected chi connectivity index (χ4v) is 1.27. The smallest absolute Gasteiger partial charge is 0.396 e. The van der Waals surface area contributed by atoms with Crippen LogP contribution in [0.25, 0.3) is 0 Å². The Balaban J connectivity index is 2.89. The molecule has 0 unspecified atom stereocenters. The molecule has 4 nitrogen and oxygen atoms in total. The second-order valence-electron chi connectivity index (χ2n) is 3.18. The molecule has 1 rings (SSSR count). The van der Waals surface area contributed by atoms with Crippen LogP contribution in [0.3, 0.4) is 0 Å². The van der Waals surface area contributed by atoms with Crippen LogP contribution in [-0.4, -0.2) is 36.0 Å². The van der Waals surface area contributed by atoms with Gasteiger partial charge in [0.25, 0.3) is 0 Å². The van der Waals surface area contributed by atoms with Crippen molar-refractivity contribution in [2.75, 3.05) is 30.3 Å². The molecule has 0 saturated carbocycles. The molecule has 1 heterocycles. The number of rotatable bonds is 4. The van der Waals surface area contributed by atoms with E-state index in [1.807, 2.05) is 0 Å². The molecule has 0 amide bonds. The molecule has 0 aliphatic heterocycles. The first-order valence-corrected chi connectivity index (χ1v) is 4.57. The summed E-state index contributed by atoms with van der Waals surface area (Å²) in [4.78, 5) is 4.67. The lowest BCUT2D eigenvalue weighted by Gasteiger charge is -2.24. The van der Waals surface area contributed by atoms with Crippen LogP contribution in [0.5, 0.6) is 0 Å². The Bertz CT molecular complexity index is 343. The summed E-state index contributed by atoms with van der Waals surface area (Å²) in [5.41, 5.74) is 5.67. The predicted molar refractivity (Wildman–Crippen MR) is 54.0 cm³/mol. The van der Waals surface area contributed by atoms with E-state index in [1.165, 1.54) is 18.3 Å².